The van der Waals surface area contributed by atoms with Gasteiger partial charge in [-0.05, 0) is 40.0 Å². The topological polar surface area (TPSA) is 38.0 Å². The van der Waals surface area contributed by atoms with E-state index >= 15 is 0 Å². The molecule has 2 rings (SSSR count). The molecule has 6 heteroatoms. The van der Waals surface area contributed by atoms with Crippen molar-refractivity contribution in [3.8, 4) is 0 Å². The van der Waals surface area contributed by atoms with Gasteiger partial charge in [-0.25, -0.2) is 18.6 Å². The van der Waals surface area contributed by atoms with Crippen molar-refractivity contribution in [2.45, 2.75) is 13.0 Å². The number of nitrogens with one attached hydrogen (secondary N) is 1. The fourth-order valence-electron chi connectivity index (χ4n) is 1.97. The standard InChI is InChI=1S/C14H12BrF3N2/c1-7-5-6-9(13(18)12(7)17)14(20-19)8-3-2-4-10(16)11(8)15/h2-6,14,20H,19H2,1H3. The maximum atomic E-state index is 14.0. The van der Waals surface area contributed by atoms with Gasteiger partial charge in [-0.1, -0.05) is 24.3 Å². The van der Waals surface area contributed by atoms with E-state index in [1.54, 1.807) is 6.07 Å². The molecular weight excluding hydrogens is 333 g/mol. The molecule has 1 atom stereocenters. The Morgan fingerprint density at radius 1 is 1.05 bits per heavy atom. The highest BCUT2D eigenvalue weighted by molar-refractivity contribution is 9.10. The summed E-state index contributed by atoms with van der Waals surface area (Å²) in [7, 11) is 0. The second kappa shape index (κ2) is 5.95. The SMILES string of the molecule is Cc1ccc(C(NN)c2cccc(F)c2Br)c(F)c1F. The first-order valence-corrected chi connectivity index (χ1v) is 6.61. The van der Waals surface area contributed by atoms with Gasteiger partial charge in [0.1, 0.15) is 5.82 Å². The number of hydrazine groups is 1. The van der Waals surface area contributed by atoms with E-state index < -0.39 is 23.5 Å². The minimum atomic E-state index is -0.996. The highest BCUT2D eigenvalue weighted by atomic mass is 79.9. The average Bonchev–Trinajstić information content (AvgIpc) is 2.44. The molecule has 0 aromatic heterocycles. The van der Waals surface area contributed by atoms with Crippen molar-refractivity contribution >= 4 is 15.9 Å². The van der Waals surface area contributed by atoms with E-state index in [-0.39, 0.29) is 15.6 Å². The lowest BCUT2D eigenvalue weighted by Gasteiger charge is -2.20. The normalized spacial score (nSPS) is 12.5. The minimum Gasteiger partial charge on any atom is -0.271 e. The molecule has 0 saturated heterocycles. The first-order valence-electron chi connectivity index (χ1n) is 5.82. The van der Waals surface area contributed by atoms with Crippen LogP contribution in [0.4, 0.5) is 13.2 Å². The average molecular weight is 345 g/mol. The molecule has 0 radical (unpaired) electrons. The third-order valence-corrected chi connectivity index (χ3v) is 3.91. The van der Waals surface area contributed by atoms with Gasteiger partial charge in [0.15, 0.2) is 11.6 Å². The Balaban J connectivity index is 2.59. The van der Waals surface area contributed by atoms with Crippen molar-refractivity contribution in [3.63, 3.8) is 0 Å². The van der Waals surface area contributed by atoms with Crippen LogP contribution in [-0.2, 0) is 0 Å². The van der Waals surface area contributed by atoms with Gasteiger partial charge >= 0.3 is 0 Å². The number of rotatable bonds is 3. The molecule has 2 aromatic carbocycles. The first kappa shape index (κ1) is 15.0. The molecule has 2 aromatic rings. The van der Waals surface area contributed by atoms with E-state index in [1.165, 1.54) is 31.2 Å². The van der Waals surface area contributed by atoms with Gasteiger partial charge in [0, 0.05) is 5.56 Å². The van der Waals surface area contributed by atoms with Gasteiger partial charge in [0.05, 0.1) is 10.5 Å². The van der Waals surface area contributed by atoms with Gasteiger partial charge in [-0.2, -0.15) is 0 Å². The van der Waals surface area contributed by atoms with Crippen molar-refractivity contribution < 1.29 is 13.2 Å². The summed E-state index contributed by atoms with van der Waals surface area (Å²) in [6, 6.07) is 6.32. The molecule has 1 unspecified atom stereocenters. The summed E-state index contributed by atoms with van der Waals surface area (Å²) >= 11 is 3.09. The maximum absolute atomic E-state index is 14.0. The zero-order chi connectivity index (χ0) is 14.9. The van der Waals surface area contributed by atoms with E-state index in [2.05, 4.69) is 21.4 Å². The molecule has 20 heavy (non-hydrogen) atoms. The number of benzene rings is 2. The first-order chi connectivity index (χ1) is 9.47. The van der Waals surface area contributed by atoms with Crippen LogP contribution in [0.1, 0.15) is 22.7 Å². The van der Waals surface area contributed by atoms with Gasteiger partial charge in [0.2, 0.25) is 0 Å². The molecule has 0 aliphatic rings. The highest BCUT2D eigenvalue weighted by Crippen LogP contribution is 2.32. The van der Waals surface area contributed by atoms with Crippen LogP contribution in [0, 0.1) is 24.4 Å². The summed E-state index contributed by atoms with van der Waals surface area (Å²) < 4.78 is 41.4. The van der Waals surface area contributed by atoms with Crippen LogP contribution in [0.15, 0.2) is 34.8 Å². The number of hydrogen-bond acceptors (Lipinski definition) is 2. The lowest BCUT2D eigenvalue weighted by molar-refractivity contribution is 0.477. The van der Waals surface area contributed by atoms with Crippen LogP contribution in [0.25, 0.3) is 0 Å². The Bertz CT molecular complexity index is 647. The van der Waals surface area contributed by atoms with Crippen LogP contribution < -0.4 is 11.3 Å². The molecule has 0 saturated carbocycles. The fourth-order valence-corrected chi connectivity index (χ4v) is 2.47. The van der Waals surface area contributed by atoms with Gasteiger partial charge in [-0.15, -0.1) is 0 Å². The predicted octanol–water partition coefficient (Wildman–Crippen LogP) is 3.73. The second-order valence-corrected chi connectivity index (χ2v) is 5.14. The van der Waals surface area contributed by atoms with Crippen molar-refractivity contribution in [1.29, 1.82) is 0 Å². The van der Waals surface area contributed by atoms with Crippen LogP contribution in [-0.4, -0.2) is 0 Å². The number of aryl methyl sites for hydroxylation is 1. The Hall–Kier alpha value is -1.37. The molecule has 0 spiro atoms. The zero-order valence-electron chi connectivity index (χ0n) is 10.6. The molecule has 0 fully saturated rings. The second-order valence-electron chi connectivity index (χ2n) is 4.34. The van der Waals surface area contributed by atoms with E-state index in [0.717, 1.165) is 0 Å². The quantitative estimate of drug-likeness (QED) is 0.657. The van der Waals surface area contributed by atoms with Crippen molar-refractivity contribution in [1.82, 2.24) is 5.43 Å². The van der Waals surface area contributed by atoms with E-state index in [1.807, 2.05) is 0 Å². The number of hydrogen-bond donors (Lipinski definition) is 2. The van der Waals surface area contributed by atoms with E-state index in [9.17, 15) is 13.2 Å². The molecule has 2 nitrogen and oxygen atoms in total. The van der Waals surface area contributed by atoms with E-state index in [0.29, 0.717) is 5.56 Å². The zero-order valence-corrected chi connectivity index (χ0v) is 12.1. The molecule has 0 aliphatic heterocycles. The monoisotopic (exact) mass is 344 g/mol. The number of halogens is 4. The summed E-state index contributed by atoms with van der Waals surface area (Å²) in [6.07, 6.45) is 0. The molecule has 3 N–H and O–H groups in total. The third-order valence-electron chi connectivity index (χ3n) is 3.08. The third kappa shape index (κ3) is 2.59. The fraction of sp³-hybridized carbons (Fsp3) is 0.143. The molecule has 106 valence electrons. The van der Waals surface area contributed by atoms with Crippen LogP contribution >= 0.6 is 15.9 Å². The van der Waals surface area contributed by atoms with E-state index in [4.69, 9.17) is 5.84 Å². The van der Waals surface area contributed by atoms with Crippen LogP contribution in [0.2, 0.25) is 0 Å². The molecular formula is C14H12BrF3N2. The lowest BCUT2D eigenvalue weighted by Crippen LogP contribution is -2.30. The van der Waals surface area contributed by atoms with Crippen molar-refractivity contribution in [2.24, 2.45) is 5.84 Å². The summed E-state index contributed by atoms with van der Waals surface area (Å²) in [4.78, 5) is 0. The molecule has 0 amide bonds. The predicted molar refractivity (Wildman–Crippen MR) is 74.4 cm³/mol. The van der Waals surface area contributed by atoms with Crippen molar-refractivity contribution in [3.05, 3.63) is 68.9 Å². The number of nitrogens with two attached hydrogens (primary N) is 1. The van der Waals surface area contributed by atoms with Crippen LogP contribution in [0.5, 0.6) is 0 Å². The van der Waals surface area contributed by atoms with Gasteiger partial charge in [-0.3, -0.25) is 5.84 Å². The summed E-state index contributed by atoms with van der Waals surface area (Å²) in [5, 5.41) is 0. The van der Waals surface area contributed by atoms with Gasteiger partial charge in [0.25, 0.3) is 0 Å². The summed E-state index contributed by atoms with van der Waals surface area (Å²) in [6.45, 7) is 1.46. The Kier molecular flexibility index (Phi) is 4.47. The smallest absolute Gasteiger partial charge is 0.164 e. The van der Waals surface area contributed by atoms with Crippen molar-refractivity contribution in [2.75, 3.05) is 0 Å². The highest BCUT2D eigenvalue weighted by Gasteiger charge is 2.23. The molecule has 0 bridgehead atoms. The maximum Gasteiger partial charge on any atom is 0.164 e. The lowest BCUT2D eigenvalue weighted by atomic mass is 9.97. The largest absolute Gasteiger partial charge is 0.271 e. The van der Waals surface area contributed by atoms with Crippen LogP contribution in [0.3, 0.4) is 0 Å². The summed E-state index contributed by atoms with van der Waals surface area (Å²) in [5.41, 5.74) is 2.98. The Labute approximate surface area is 122 Å². The minimum absolute atomic E-state index is 0.0156. The Morgan fingerprint density at radius 2 is 1.75 bits per heavy atom. The Morgan fingerprint density at radius 3 is 2.40 bits per heavy atom. The molecule has 0 heterocycles. The summed E-state index contributed by atoms with van der Waals surface area (Å²) in [5.74, 6) is 3.00. The van der Waals surface area contributed by atoms with Gasteiger partial charge < -0.3 is 0 Å². The molecule has 0 aliphatic carbocycles.